The number of hydrogen-bond acceptors (Lipinski definition) is 4. The largest absolute Gasteiger partial charge is 0.387 e. The van der Waals surface area contributed by atoms with Gasteiger partial charge in [0.1, 0.15) is 0 Å². The highest BCUT2D eigenvalue weighted by Gasteiger charge is 2.18. The molecule has 0 aromatic heterocycles. The molecule has 0 aliphatic carbocycles. The number of hydrogen-bond donors (Lipinski definition) is 3. The number of rotatable bonds is 5. The summed E-state index contributed by atoms with van der Waals surface area (Å²) in [4.78, 5) is 11.8. The monoisotopic (exact) mass is 368 g/mol. The number of nitrogens with one attached hydrogen (secondary N) is 2. The summed E-state index contributed by atoms with van der Waals surface area (Å²) in [6, 6.07) is 4.84. The van der Waals surface area contributed by atoms with Gasteiger partial charge in [0.2, 0.25) is 5.91 Å². The van der Waals surface area contributed by atoms with E-state index in [1.54, 1.807) is 18.2 Å². The van der Waals surface area contributed by atoms with Crippen LogP contribution in [0.3, 0.4) is 0 Å². The van der Waals surface area contributed by atoms with Crippen LogP contribution in [0.2, 0.25) is 10.0 Å². The van der Waals surface area contributed by atoms with Crippen molar-refractivity contribution in [2.45, 2.75) is 18.6 Å². The highest BCUT2D eigenvalue weighted by molar-refractivity contribution is 6.34. The van der Waals surface area contributed by atoms with E-state index in [9.17, 15) is 9.90 Å². The summed E-state index contributed by atoms with van der Waals surface area (Å²) in [5.41, 5.74) is 0.573. The van der Waals surface area contributed by atoms with E-state index in [1.165, 1.54) is 0 Å². The molecule has 1 saturated heterocycles. The SMILES string of the molecule is Cl.O=C(CC1CNCCO1)NCC(O)c1cc(Cl)cc(Cl)c1. The number of amides is 1. The molecule has 0 spiro atoms. The molecule has 8 heteroatoms. The van der Waals surface area contributed by atoms with Crippen LogP contribution < -0.4 is 10.6 Å². The van der Waals surface area contributed by atoms with Crippen LogP contribution in [0.5, 0.6) is 0 Å². The Bertz CT molecular complexity index is 476. The zero-order valence-electron chi connectivity index (χ0n) is 11.9. The molecule has 2 atom stereocenters. The van der Waals surface area contributed by atoms with Gasteiger partial charge in [-0.25, -0.2) is 0 Å². The van der Waals surface area contributed by atoms with Crippen LogP contribution in [0, 0.1) is 0 Å². The van der Waals surface area contributed by atoms with Crippen molar-refractivity contribution in [3.05, 3.63) is 33.8 Å². The Kier molecular flexibility index (Phi) is 8.46. The molecule has 2 unspecified atom stereocenters. The number of aliphatic hydroxyl groups excluding tert-OH is 1. The van der Waals surface area contributed by atoms with Crippen LogP contribution in [0.25, 0.3) is 0 Å². The van der Waals surface area contributed by atoms with Crippen molar-refractivity contribution < 1.29 is 14.6 Å². The summed E-state index contributed by atoms with van der Waals surface area (Å²) in [6.45, 7) is 2.20. The fourth-order valence-electron chi connectivity index (χ4n) is 2.13. The van der Waals surface area contributed by atoms with Gasteiger partial charge >= 0.3 is 0 Å². The maximum atomic E-state index is 11.8. The highest BCUT2D eigenvalue weighted by Crippen LogP contribution is 2.23. The summed E-state index contributed by atoms with van der Waals surface area (Å²) in [7, 11) is 0. The number of halogens is 3. The van der Waals surface area contributed by atoms with Crippen LogP contribution in [0.15, 0.2) is 18.2 Å². The number of carbonyl (C=O) groups excluding carboxylic acids is 1. The van der Waals surface area contributed by atoms with E-state index < -0.39 is 6.10 Å². The summed E-state index contributed by atoms with van der Waals surface area (Å²) >= 11 is 11.8. The normalized spacial score (nSPS) is 19.1. The van der Waals surface area contributed by atoms with Gasteiger partial charge in [0, 0.05) is 29.7 Å². The average Bonchev–Trinajstić information content (AvgIpc) is 2.45. The Balaban J connectivity index is 0.00000242. The third-order valence-corrected chi connectivity index (χ3v) is 3.62. The molecule has 22 heavy (non-hydrogen) atoms. The maximum absolute atomic E-state index is 11.8. The first-order valence-electron chi connectivity index (χ1n) is 6.77. The molecule has 0 radical (unpaired) electrons. The van der Waals surface area contributed by atoms with E-state index in [1.807, 2.05) is 0 Å². The predicted octanol–water partition coefficient (Wildman–Crippen LogP) is 1.94. The third-order valence-electron chi connectivity index (χ3n) is 3.18. The van der Waals surface area contributed by atoms with E-state index in [4.69, 9.17) is 27.9 Å². The summed E-state index contributed by atoms with van der Waals surface area (Å²) < 4.78 is 5.45. The highest BCUT2D eigenvalue weighted by atomic mass is 35.5. The number of aliphatic hydroxyl groups is 1. The zero-order valence-corrected chi connectivity index (χ0v) is 14.2. The molecule has 1 amide bonds. The Morgan fingerprint density at radius 2 is 2.09 bits per heavy atom. The molecule has 3 N–H and O–H groups in total. The molecule has 5 nitrogen and oxygen atoms in total. The van der Waals surface area contributed by atoms with Gasteiger partial charge in [0.15, 0.2) is 0 Å². The van der Waals surface area contributed by atoms with Gasteiger partial charge in [-0.2, -0.15) is 0 Å². The molecule has 1 aliphatic rings. The van der Waals surface area contributed by atoms with Gasteiger partial charge in [-0.15, -0.1) is 12.4 Å². The lowest BCUT2D eigenvalue weighted by Crippen LogP contribution is -2.41. The fraction of sp³-hybridized carbons (Fsp3) is 0.500. The molecule has 1 fully saturated rings. The Labute approximate surface area is 145 Å². The van der Waals surface area contributed by atoms with E-state index in [-0.39, 0.29) is 37.4 Å². The lowest BCUT2D eigenvalue weighted by molar-refractivity contribution is -0.124. The quantitative estimate of drug-likeness (QED) is 0.742. The smallest absolute Gasteiger partial charge is 0.222 e. The molecule has 0 bridgehead atoms. The molecular weight excluding hydrogens is 351 g/mol. The number of benzene rings is 1. The third kappa shape index (κ3) is 6.28. The Hall–Kier alpha value is -0.560. The zero-order chi connectivity index (χ0) is 15.2. The van der Waals surface area contributed by atoms with Gasteiger partial charge in [0.05, 0.1) is 25.2 Å². The van der Waals surface area contributed by atoms with E-state index in [2.05, 4.69) is 10.6 Å². The van der Waals surface area contributed by atoms with Crippen LogP contribution in [0.1, 0.15) is 18.1 Å². The number of carbonyl (C=O) groups is 1. The topological polar surface area (TPSA) is 70.6 Å². The molecular formula is C14H19Cl3N2O3. The van der Waals surface area contributed by atoms with Crippen LogP contribution in [0.4, 0.5) is 0 Å². The number of ether oxygens (including phenoxy) is 1. The van der Waals surface area contributed by atoms with Crippen molar-refractivity contribution in [1.29, 1.82) is 0 Å². The maximum Gasteiger partial charge on any atom is 0.222 e. The van der Waals surface area contributed by atoms with E-state index in [0.717, 1.165) is 6.54 Å². The Morgan fingerprint density at radius 3 is 2.68 bits per heavy atom. The first-order chi connectivity index (χ1) is 10.0. The number of morpholine rings is 1. The second-order valence-corrected chi connectivity index (χ2v) is 5.80. The summed E-state index contributed by atoms with van der Waals surface area (Å²) in [6.07, 6.45) is -0.692. The van der Waals surface area contributed by atoms with Gasteiger partial charge in [-0.05, 0) is 23.8 Å². The van der Waals surface area contributed by atoms with Gasteiger partial charge in [-0.3, -0.25) is 4.79 Å². The van der Waals surface area contributed by atoms with Crippen molar-refractivity contribution in [2.75, 3.05) is 26.2 Å². The molecule has 1 heterocycles. The van der Waals surface area contributed by atoms with E-state index in [0.29, 0.717) is 28.8 Å². The molecule has 0 saturated carbocycles. The van der Waals surface area contributed by atoms with Crippen molar-refractivity contribution >= 4 is 41.5 Å². The second-order valence-electron chi connectivity index (χ2n) is 4.92. The van der Waals surface area contributed by atoms with Crippen molar-refractivity contribution in [1.82, 2.24) is 10.6 Å². The lowest BCUT2D eigenvalue weighted by atomic mass is 10.1. The molecule has 124 valence electrons. The average molecular weight is 370 g/mol. The standard InChI is InChI=1S/C14H18Cl2N2O3.ClH/c15-10-3-9(4-11(16)5-10)13(19)8-18-14(20)6-12-7-17-1-2-21-12;/h3-5,12-13,17,19H,1-2,6-8H2,(H,18,20);1H. The van der Waals surface area contributed by atoms with Crippen LogP contribution >= 0.6 is 35.6 Å². The van der Waals surface area contributed by atoms with Crippen LogP contribution in [-0.4, -0.2) is 43.4 Å². The lowest BCUT2D eigenvalue weighted by Gasteiger charge is -2.23. The summed E-state index contributed by atoms with van der Waals surface area (Å²) in [5, 5.41) is 16.8. The summed E-state index contributed by atoms with van der Waals surface area (Å²) in [5.74, 6) is -0.157. The Morgan fingerprint density at radius 1 is 1.41 bits per heavy atom. The van der Waals surface area contributed by atoms with Crippen molar-refractivity contribution in [2.24, 2.45) is 0 Å². The fourth-order valence-corrected chi connectivity index (χ4v) is 2.67. The van der Waals surface area contributed by atoms with Gasteiger partial charge < -0.3 is 20.5 Å². The van der Waals surface area contributed by atoms with Crippen LogP contribution in [-0.2, 0) is 9.53 Å². The minimum Gasteiger partial charge on any atom is -0.387 e. The van der Waals surface area contributed by atoms with Gasteiger partial charge in [0.25, 0.3) is 0 Å². The molecule has 1 aliphatic heterocycles. The van der Waals surface area contributed by atoms with Crippen molar-refractivity contribution in [3.63, 3.8) is 0 Å². The molecule has 2 rings (SSSR count). The molecule has 1 aromatic rings. The first kappa shape index (κ1) is 19.5. The molecule has 1 aromatic carbocycles. The van der Waals surface area contributed by atoms with Gasteiger partial charge in [-0.1, -0.05) is 23.2 Å². The first-order valence-corrected chi connectivity index (χ1v) is 7.53. The van der Waals surface area contributed by atoms with Crippen molar-refractivity contribution in [3.8, 4) is 0 Å². The van der Waals surface area contributed by atoms with E-state index >= 15 is 0 Å². The minimum absolute atomic E-state index is 0. The second kappa shape index (κ2) is 9.55. The minimum atomic E-state index is -0.851. The predicted molar refractivity (Wildman–Crippen MR) is 88.9 cm³/mol.